The van der Waals surface area contributed by atoms with Crippen molar-refractivity contribution >= 4 is 24.3 Å². The molecule has 1 aromatic rings. The van der Waals surface area contributed by atoms with E-state index in [2.05, 4.69) is 63.7 Å². The van der Waals surface area contributed by atoms with Crippen LogP contribution in [0.15, 0.2) is 24.3 Å². The number of fused-ring (bicyclic) bond motifs is 2. The molecule has 0 aliphatic carbocycles. The van der Waals surface area contributed by atoms with Crippen LogP contribution in [0.3, 0.4) is 0 Å². The molecule has 5 heteroatoms. The first-order valence-corrected chi connectivity index (χ1v) is 10.4. The normalized spacial score (nSPS) is 36.0. The van der Waals surface area contributed by atoms with Gasteiger partial charge in [-0.15, -0.1) is 0 Å². The molecule has 2 atom stereocenters. The van der Waals surface area contributed by atoms with E-state index < -0.39 is 5.60 Å². The molecule has 3 aliphatic rings. The maximum Gasteiger partial charge on any atom is 0.494 e. The van der Waals surface area contributed by atoms with Crippen molar-refractivity contribution in [3.05, 3.63) is 29.8 Å². The fourth-order valence-electron chi connectivity index (χ4n) is 4.36. The van der Waals surface area contributed by atoms with E-state index >= 15 is 0 Å². The van der Waals surface area contributed by atoms with E-state index in [1.807, 2.05) is 0 Å². The highest BCUT2D eigenvalue weighted by Gasteiger charge is 2.51. The third-order valence-corrected chi connectivity index (χ3v) is 7.99. The molecule has 0 aromatic heterocycles. The minimum Gasteiger partial charge on any atom is -0.399 e. The Balaban J connectivity index is 1.51. The Labute approximate surface area is 156 Å². The lowest BCUT2D eigenvalue weighted by Gasteiger charge is -2.36. The Morgan fingerprint density at radius 1 is 1.08 bits per heavy atom. The predicted octanol–water partition coefficient (Wildman–Crippen LogP) is 3.32. The summed E-state index contributed by atoms with van der Waals surface area (Å²) in [5.74, 6) is 0. The Hall–Kier alpha value is -0.485. The predicted molar refractivity (Wildman–Crippen MR) is 104 cm³/mol. The second-order valence-electron chi connectivity index (χ2n) is 9.10. The van der Waals surface area contributed by atoms with Crippen molar-refractivity contribution in [2.24, 2.45) is 0 Å². The van der Waals surface area contributed by atoms with Crippen LogP contribution in [0.5, 0.6) is 0 Å². The number of rotatable bonds is 3. The maximum absolute atomic E-state index is 11.2. The highest BCUT2D eigenvalue weighted by molar-refractivity contribution is 8.00. The van der Waals surface area contributed by atoms with Crippen molar-refractivity contribution in [3.8, 4) is 0 Å². The van der Waals surface area contributed by atoms with Crippen molar-refractivity contribution in [2.75, 3.05) is 0 Å². The van der Waals surface area contributed by atoms with Crippen LogP contribution >= 0.6 is 11.8 Å². The average Bonchev–Trinajstić information content (AvgIpc) is 2.95. The molecule has 3 saturated heterocycles. The lowest BCUT2D eigenvalue weighted by atomic mass is 9.77. The summed E-state index contributed by atoms with van der Waals surface area (Å²) in [5, 5.41) is 12.4. The molecule has 0 amide bonds. The van der Waals surface area contributed by atoms with Gasteiger partial charge in [0.15, 0.2) is 0 Å². The molecule has 1 N–H and O–H groups in total. The second kappa shape index (κ2) is 6.02. The quantitative estimate of drug-likeness (QED) is 0.840. The monoisotopic (exact) mass is 360 g/mol. The van der Waals surface area contributed by atoms with Crippen LogP contribution in [0.25, 0.3) is 0 Å². The van der Waals surface area contributed by atoms with Crippen LogP contribution in [0.1, 0.15) is 58.9 Å². The number of thioether (sulfide) groups is 1. The molecule has 1 aromatic carbocycles. The van der Waals surface area contributed by atoms with Crippen LogP contribution in [0.4, 0.5) is 0 Å². The first-order chi connectivity index (χ1) is 11.7. The van der Waals surface area contributed by atoms with Crippen molar-refractivity contribution in [1.82, 2.24) is 0 Å². The van der Waals surface area contributed by atoms with Gasteiger partial charge in [-0.3, -0.25) is 0 Å². The van der Waals surface area contributed by atoms with E-state index in [1.54, 1.807) is 0 Å². The third kappa shape index (κ3) is 3.41. The summed E-state index contributed by atoms with van der Waals surface area (Å²) in [5.41, 5.74) is 1.03. The fourth-order valence-corrected chi connectivity index (χ4v) is 6.27. The zero-order valence-electron chi connectivity index (χ0n) is 15.7. The molecule has 2 bridgehead atoms. The first-order valence-electron chi connectivity index (χ1n) is 9.48. The molecule has 3 aliphatic heterocycles. The molecular formula is C20H29BO3S. The summed E-state index contributed by atoms with van der Waals surface area (Å²) < 4.78 is 12.4. The number of benzene rings is 1. The van der Waals surface area contributed by atoms with Crippen LogP contribution in [-0.4, -0.2) is 39.5 Å². The molecule has 3 heterocycles. The van der Waals surface area contributed by atoms with Gasteiger partial charge in [0.2, 0.25) is 0 Å². The first kappa shape index (κ1) is 17.9. The average molecular weight is 360 g/mol. The van der Waals surface area contributed by atoms with E-state index in [-0.39, 0.29) is 18.3 Å². The van der Waals surface area contributed by atoms with Crippen molar-refractivity contribution in [1.29, 1.82) is 0 Å². The Morgan fingerprint density at radius 2 is 1.68 bits per heavy atom. The van der Waals surface area contributed by atoms with E-state index in [4.69, 9.17) is 9.31 Å². The Kier molecular flexibility index (Phi) is 4.31. The zero-order valence-corrected chi connectivity index (χ0v) is 16.6. The van der Waals surface area contributed by atoms with Gasteiger partial charge >= 0.3 is 7.12 Å². The molecule has 4 rings (SSSR count). The topological polar surface area (TPSA) is 38.7 Å². The molecule has 2 unspecified atom stereocenters. The van der Waals surface area contributed by atoms with Gasteiger partial charge in [0.05, 0.1) is 16.8 Å². The van der Waals surface area contributed by atoms with E-state index in [1.165, 1.54) is 18.4 Å². The molecule has 25 heavy (non-hydrogen) atoms. The summed E-state index contributed by atoms with van der Waals surface area (Å²) >= 11 is 2.09. The van der Waals surface area contributed by atoms with Gasteiger partial charge in [0.1, 0.15) is 0 Å². The molecule has 136 valence electrons. The Morgan fingerprint density at radius 3 is 2.28 bits per heavy atom. The molecule has 3 fully saturated rings. The van der Waals surface area contributed by atoms with E-state index in [0.29, 0.717) is 10.5 Å². The third-order valence-electron chi connectivity index (χ3n) is 6.42. The van der Waals surface area contributed by atoms with Crippen LogP contribution in [0.2, 0.25) is 0 Å². The van der Waals surface area contributed by atoms with Crippen molar-refractivity contribution in [2.45, 2.75) is 87.1 Å². The highest BCUT2D eigenvalue weighted by atomic mass is 32.2. The molecule has 0 spiro atoms. The second-order valence-corrected chi connectivity index (χ2v) is 10.7. The standard InChI is InChI=1S/C20H29BO3S/c1-18(2)19(3,4)24-21(23-18)15-7-5-6-14(10-15)11-20(22)12-16-8-9-17(13-20)25-16/h5-7,10,16-17,22H,8-9,11-13H2,1-4H3. The zero-order chi connectivity index (χ0) is 17.9. The minimum atomic E-state index is -0.550. The number of aliphatic hydroxyl groups is 1. The highest BCUT2D eigenvalue weighted by Crippen LogP contribution is 2.48. The van der Waals surface area contributed by atoms with Gasteiger partial charge in [0, 0.05) is 16.9 Å². The molecular weight excluding hydrogens is 331 g/mol. The molecule has 0 saturated carbocycles. The van der Waals surface area contributed by atoms with Crippen LogP contribution in [-0.2, 0) is 15.7 Å². The van der Waals surface area contributed by atoms with Crippen LogP contribution < -0.4 is 5.46 Å². The van der Waals surface area contributed by atoms with Crippen LogP contribution in [0, 0.1) is 0 Å². The SMILES string of the molecule is CC1(C)OB(c2cccc(CC3(O)CC4CCC(C3)S4)c2)OC1(C)C. The van der Waals surface area contributed by atoms with Gasteiger partial charge in [-0.2, -0.15) is 11.8 Å². The largest absolute Gasteiger partial charge is 0.494 e. The number of hydrogen-bond donors (Lipinski definition) is 1. The molecule has 0 radical (unpaired) electrons. The minimum absolute atomic E-state index is 0.328. The number of hydrogen-bond acceptors (Lipinski definition) is 4. The lowest BCUT2D eigenvalue weighted by molar-refractivity contribution is 0.00578. The summed E-state index contributed by atoms with van der Waals surface area (Å²) in [6.45, 7) is 8.31. The van der Waals surface area contributed by atoms with E-state index in [0.717, 1.165) is 24.7 Å². The van der Waals surface area contributed by atoms with Gasteiger partial charge < -0.3 is 14.4 Å². The summed E-state index contributed by atoms with van der Waals surface area (Å²) in [6.07, 6.45) is 5.12. The Bertz CT molecular complexity index is 632. The van der Waals surface area contributed by atoms with Crippen molar-refractivity contribution in [3.63, 3.8) is 0 Å². The summed E-state index contributed by atoms with van der Waals surface area (Å²) in [6, 6.07) is 8.40. The lowest BCUT2D eigenvalue weighted by Crippen LogP contribution is -2.41. The van der Waals surface area contributed by atoms with E-state index in [9.17, 15) is 5.11 Å². The summed E-state index contributed by atoms with van der Waals surface area (Å²) in [7, 11) is -0.335. The van der Waals surface area contributed by atoms with Gasteiger partial charge in [-0.05, 0) is 64.4 Å². The smallest absolute Gasteiger partial charge is 0.399 e. The molecule has 3 nitrogen and oxygen atoms in total. The van der Waals surface area contributed by atoms with Gasteiger partial charge in [0.25, 0.3) is 0 Å². The van der Waals surface area contributed by atoms with Crippen molar-refractivity contribution < 1.29 is 14.4 Å². The maximum atomic E-state index is 11.2. The summed E-state index contributed by atoms with van der Waals surface area (Å²) in [4.78, 5) is 0. The fraction of sp³-hybridized carbons (Fsp3) is 0.700. The van der Waals surface area contributed by atoms with Gasteiger partial charge in [-0.1, -0.05) is 24.3 Å². The van der Waals surface area contributed by atoms with Gasteiger partial charge in [-0.25, -0.2) is 0 Å².